The van der Waals surface area contributed by atoms with E-state index in [0.29, 0.717) is 44.7 Å². The Hall–Kier alpha value is -3.92. The van der Waals surface area contributed by atoms with Gasteiger partial charge in [-0.1, -0.05) is 17.8 Å². The number of aromatic amines is 1. The number of H-pyrrole nitrogens is 1. The molecule has 160 valence electrons. The Morgan fingerprint density at radius 2 is 1.91 bits per heavy atom. The molecule has 4 aromatic heterocycles. The van der Waals surface area contributed by atoms with Crippen LogP contribution < -0.4 is 15.9 Å². The van der Waals surface area contributed by atoms with Gasteiger partial charge in [-0.2, -0.15) is 5.10 Å². The lowest BCUT2D eigenvalue weighted by atomic mass is 10.3. The molecule has 9 nitrogen and oxygen atoms in total. The maximum absolute atomic E-state index is 13.2. The average Bonchev–Trinajstić information content (AvgIpc) is 3.27. The second kappa shape index (κ2) is 7.97. The fourth-order valence-corrected chi connectivity index (χ4v) is 4.40. The molecule has 4 heterocycles. The van der Waals surface area contributed by atoms with Crippen molar-refractivity contribution in [3.05, 3.63) is 86.8 Å². The molecule has 0 radical (unpaired) electrons. The summed E-state index contributed by atoms with van der Waals surface area (Å²) >= 11 is 1.32. The largest absolute Gasteiger partial charge is 0.497 e. The van der Waals surface area contributed by atoms with Crippen LogP contribution in [0.1, 0.15) is 11.4 Å². The second-order valence-electron chi connectivity index (χ2n) is 7.10. The van der Waals surface area contributed by atoms with Crippen LogP contribution in [0.2, 0.25) is 0 Å². The number of hydrogen-bond donors (Lipinski definition) is 1. The fraction of sp³-hybridized carbons (Fsp3) is 0.136. The molecule has 0 spiro atoms. The predicted octanol–water partition coefficient (Wildman–Crippen LogP) is 2.73. The van der Waals surface area contributed by atoms with Gasteiger partial charge in [0, 0.05) is 17.5 Å². The molecule has 0 amide bonds. The minimum atomic E-state index is -0.237. The fourth-order valence-electron chi connectivity index (χ4n) is 3.51. The zero-order valence-electron chi connectivity index (χ0n) is 17.3. The van der Waals surface area contributed by atoms with Crippen molar-refractivity contribution in [2.45, 2.75) is 17.8 Å². The first-order chi connectivity index (χ1) is 15.5. The van der Waals surface area contributed by atoms with Crippen LogP contribution in [0.15, 0.2) is 69.5 Å². The van der Waals surface area contributed by atoms with Gasteiger partial charge in [0.1, 0.15) is 16.8 Å². The third-order valence-corrected chi connectivity index (χ3v) is 6.04. The topological polar surface area (TPSA) is 107 Å². The summed E-state index contributed by atoms with van der Waals surface area (Å²) in [5, 5.41) is 7.56. The molecule has 0 aliphatic carbocycles. The molecular weight excluding hydrogens is 428 g/mol. The molecule has 0 fully saturated rings. The summed E-state index contributed by atoms with van der Waals surface area (Å²) in [5.74, 6) is 1.05. The van der Waals surface area contributed by atoms with E-state index in [4.69, 9.17) is 4.74 Å². The lowest BCUT2D eigenvalue weighted by Gasteiger charge is -2.12. The Morgan fingerprint density at radius 1 is 1.09 bits per heavy atom. The third-order valence-electron chi connectivity index (χ3n) is 5.06. The molecule has 1 aromatic carbocycles. The van der Waals surface area contributed by atoms with Gasteiger partial charge >= 0.3 is 0 Å². The minimum Gasteiger partial charge on any atom is -0.497 e. The van der Waals surface area contributed by atoms with E-state index in [2.05, 4.69) is 20.2 Å². The molecule has 0 saturated carbocycles. The first kappa shape index (κ1) is 20.0. The maximum Gasteiger partial charge on any atom is 0.269 e. The Balaban J connectivity index is 1.57. The number of ether oxygens (including phenoxy) is 1. The summed E-state index contributed by atoms with van der Waals surface area (Å²) in [6.45, 7) is 1.86. The Morgan fingerprint density at radius 3 is 2.69 bits per heavy atom. The SMILES string of the molecule is COc1ccc(-n2c(SCc3cc(=O)n4c(C)cccc4n3)nc3[nH]ncc3c2=O)cc1. The summed E-state index contributed by atoms with van der Waals surface area (Å²) in [6.07, 6.45) is 1.47. The lowest BCUT2D eigenvalue weighted by Crippen LogP contribution is -2.21. The third kappa shape index (κ3) is 3.44. The summed E-state index contributed by atoms with van der Waals surface area (Å²) in [6, 6.07) is 14.2. The van der Waals surface area contributed by atoms with Crippen LogP contribution >= 0.6 is 11.8 Å². The van der Waals surface area contributed by atoms with E-state index in [1.165, 1.54) is 28.6 Å². The molecule has 1 N–H and O–H groups in total. The summed E-state index contributed by atoms with van der Waals surface area (Å²) in [7, 11) is 1.59. The molecule has 32 heavy (non-hydrogen) atoms. The van der Waals surface area contributed by atoms with Gasteiger partial charge in [-0.15, -0.1) is 0 Å². The molecule has 0 aliphatic rings. The van der Waals surface area contributed by atoms with Crippen molar-refractivity contribution in [1.82, 2.24) is 29.1 Å². The number of methoxy groups -OCH3 is 1. The molecule has 5 aromatic rings. The zero-order valence-corrected chi connectivity index (χ0v) is 18.1. The first-order valence-corrected chi connectivity index (χ1v) is 10.8. The molecule has 0 unspecified atom stereocenters. The number of pyridine rings is 1. The second-order valence-corrected chi connectivity index (χ2v) is 8.04. The van der Waals surface area contributed by atoms with Crippen molar-refractivity contribution in [2.24, 2.45) is 0 Å². The Labute approximate surface area is 185 Å². The van der Waals surface area contributed by atoms with E-state index < -0.39 is 0 Å². The van der Waals surface area contributed by atoms with Crippen molar-refractivity contribution in [2.75, 3.05) is 7.11 Å². The molecule has 0 saturated heterocycles. The van der Waals surface area contributed by atoms with Gasteiger partial charge in [0.2, 0.25) is 0 Å². The number of benzene rings is 1. The van der Waals surface area contributed by atoms with E-state index in [9.17, 15) is 9.59 Å². The van der Waals surface area contributed by atoms with Crippen LogP contribution in [0.3, 0.4) is 0 Å². The van der Waals surface area contributed by atoms with Crippen LogP contribution in [-0.2, 0) is 5.75 Å². The van der Waals surface area contributed by atoms with Crippen molar-refractivity contribution in [3.63, 3.8) is 0 Å². The van der Waals surface area contributed by atoms with E-state index in [0.717, 1.165) is 5.69 Å². The van der Waals surface area contributed by atoms with Crippen molar-refractivity contribution in [3.8, 4) is 11.4 Å². The van der Waals surface area contributed by atoms with Crippen LogP contribution in [0.25, 0.3) is 22.4 Å². The number of aryl methyl sites for hydroxylation is 1. The summed E-state index contributed by atoms with van der Waals surface area (Å²) < 4.78 is 8.31. The van der Waals surface area contributed by atoms with Crippen LogP contribution in [0.4, 0.5) is 0 Å². The monoisotopic (exact) mass is 446 g/mol. The zero-order chi connectivity index (χ0) is 22.2. The van der Waals surface area contributed by atoms with Crippen LogP contribution in [0, 0.1) is 6.92 Å². The lowest BCUT2D eigenvalue weighted by molar-refractivity contribution is 0.414. The average molecular weight is 446 g/mol. The standard InChI is InChI=1S/C22H18N6O3S/c1-13-4-3-5-18-24-14(10-19(29)27(13)18)12-32-22-25-20-17(11-23-26-20)21(30)28(22)15-6-8-16(31-2)9-7-15/h3-11H,12H2,1-2H3,(H,23,26). The van der Waals surface area contributed by atoms with E-state index in [1.54, 1.807) is 41.8 Å². The van der Waals surface area contributed by atoms with Gasteiger partial charge in [0.05, 0.1) is 24.7 Å². The summed E-state index contributed by atoms with van der Waals surface area (Å²) in [5.41, 5.74) is 2.68. The highest BCUT2D eigenvalue weighted by Gasteiger charge is 2.16. The van der Waals surface area contributed by atoms with Gasteiger partial charge in [-0.05, 0) is 43.3 Å². The van der Waals surface area contributed by atoms with Crippen molar-refractivity contribution < 1.29 is 4.74 Å². The van der Waals surface area contributed by atoms with Crippen molar-refractivity contribution in [1.29, 1.82) is 0 Å². The smallest absolute Gasteiger partial charge is 0.269 e. The molecule has 0 bridgehead atoms. The molecule has 0 atom stereocenters. The van der Waals surface area contributed by atoms with Gasteiger partial charge in [0.25, 0.3) is 11.1 Å². The number of nitrogens with zero attached hydrogens (tertiary/aromatic N) is 5. The first-order valence-electron chi connectivity index (χ1n) is 9.77. The van der Waals surface area contributed by atoms with Crippen LogP contribution in [-0.4, -0.2) is 36.2 Å². The number of aromatic nitrogens is 6. The predicted molar refractivity (Wildman–Crippen MR) is 122 cm³/mol. The number of fused-ring (bicyclic) bond motifs is 2. The highest BCUT2D eigenvalue weighted by molar-refractivity contribution is 7.98. The van der Waals surface area contributed by atoms with Gasteiger partial charge < -0.3 is 4.74 Å². The number of nitrogens with one attached hydrogen (secondary N) is 1. The number of rotatable bonds is 5. The van der Waals surface area contributed by atoms with E-state index in [-0.39, 0.29) is 11.1 Å². The van der Waals surface area contributed by atoms with Crippen molar-refractivity contribution >= 4 is 28.4 Å². The molecule has 5 rings (SSSR count). The maximum atomic E-state index is 13.2. The van der Waals surface area contributed by atoms with E-state index >= 15 is 0 Å². The number of hydrogen-bond acceptors (Lipinski definition) is 7. The molecular formula is C22H18N6O3S. The molecule has 0 aliphatic heterocycles. The van der Waals surface area contributed by atoms with Gasteiger partial charge in [-0.3, -0.25) is 23.7 Å². The Kier molecular flexibility index (Phi) is 4.98. The van der Waals surface area contributed by atoms with Crippen LogP contribution in [0.5, 0.6) is 5.75 Å². The van der Waals surface area contributed by atoms with Gasteiger partial charge in [-0.25, -0.2) is 9.97 Å². The normalized spacial score (nSPS) is 11.3. The highest BCUT2D eigenvalue weighted by atomic mass is 32.2. The number of thioether (sulfide) groups is 1. The van der Waals surface area contributed by atoms with Gasteiger partial charge in [0.15, 0.2) is 10.8 Å². The summed E-state index contributed by atoms with van der Waals surface area (Å²) in [4.78, 5) is 35.0. The minimum absolute atomic E-state index is 0.145. The Bertz CT molecular complexity index is 1570. The highest BCUT2D eigenvalue weighted by Crippen LogP contribution is 2.24. The van der Waals surface area contributed by atoms with E-state index in [1.807, 2.05) is 19.1 Å². The molecule has 10 heteroatoms. The quantitative estimate of drug-likeness (QED) is 0.327.